The van der Waals surface area contributed by atoms with Crippen LogP contribution in [0.4, 0.5) is 13.2 Å². The minimum atomic E-state index is -5.08. The van der Waals surface area contributed by atoms with E-state index >= 15 is 0 Å². The molecule has 3 atom stereocenters. The molecule has 2 heterocycles. The maximum atomic E-state index is 13.0. The van der Waals surface area contributed by atoms with Gasteiger partial charge in [0, 0.05) is 29.5 Å². The number of ether oxygens (including phenoxy) is 1. The summed E-state index contributed by atoms with van der Waals surface area (Å²) >= 11 is 6.34. The standard InChI is InChI=1S/C23H31ClN4O3.C2HF3O2/c1-12-6-18-15(8-16(12)24)17(9-23(4,5)31-18)26-20(30)14-7-13(14)11-28-19(29)10-22(2,3)27-21(28)25;3-2(4,5)1(6)7/h6,8,13-14,17H,7,9-11H2,1-5H3,(H2,25,27)(H,26,30);(H,6,7)/t13-,14+,17?;/m0./s1. The van der Waals surface area contributed by atoms with Crippen LogP contribution >= 0.6 is 11.6 Å². The summed E-state index contributed by atoms with van der Waals surface area (Å²) in [5.41, 5.74) is 7.01. The van der Waals surface area contributed by atoms with Crippen LogP contribution in [0, 0.1) is 18.8 Å². The average molecular weight is 561 g/mol. The average Bonchev–Trinajstić information content (AvgIpc) is 3.50. The molecular formula is C25H32ClF3N4O5. The summed E-state index contributed by atoms with van der Waals surface area (Å²) < 4.78 is 37.9. The second-order valence-corrected chi connectivity index (χ2v) is 11.5. The van der Waals surface area contributed by atoms with E-state index in [1.54, 1.807) is 0 Å². The highest BCUT2D eigenvalue weighted by Gasteiger charge is 2.47. The normalized spacial score (nSPS) is 25.2. The van der Waals surface area contributed by atoms with Crippen LogP contribution in [0.1, 0.15) is 64.1 Å². The van der Waals surface area contributed by atoms with E-state index in [2.05, 4.69) is 10.3 Å². The first-order valence-corrected chi connectivity index (χ1v) is 12.4. The van der Waals surface area contributed by atoms with E-state index in [-0.39, 0.29) is 35.7 Å². The molecule has 0 aromatic heterocycles. The van der Waals surface area contributed by atoms with Gasteiger partial charge in [0.1, 0.15) is 11.4 Å². The van der Waals surface area contributed by atoms with Gasteiger partial charge in [-0.3, -0.25) is 14.5 Å². The van der Waals surface area contributed by atoms with Gasteiger partial charge in [0.15, 0.2) is 5.96 Å². The van der Waals surface area contributed by atoms with E-state index in [0.717, 1.165) is 23.3 Å². The number of amides is 2. The summed E-state index contributed by atoms with van der Waals surface area (Å²) in [4.78, 5) is 40.3. The molecule has 1 aromatic rings. The van der Waals surface area contributed by atoms with Crippen molar-refractivity contribution >= 4 is 35.3 Å². The summed E-state index contributed by atoms with van der Waals surface area (Å²) in [6, 6.07) is 3.65. The number of aryl methyl sites for hydroxylation is 1. The van der Waals surface area contributed by atoms with Crippen molar-refractivity contribution in [1.29, 1.82) is 0 Å². The number of carboxylic acids is 1. The molecule has 9 nitrogen and oxygen atoms in total. The zero-order valence-electron chi connectivity index (χ0n) is 21.8. The van der Waals surface area contributed by atoms with Crippen molar-refractivity contribution in [1.82, 2.24) is 10.2 Å². The highest BCUT2D eigenvalue weighted by molar-refractivity contribution is 6.31. The molecule has 1 unspecified atom stereocenters. The number of carboxylic acid groups (broad SMARTS) is 1. The lowest BCUT2D eigenvalue weighted by Gasteiger charge is -2.38. The third-order valence-electron chi connectivity index (χ3n) is 6.56. The number of alkyl halides is 3. The van der Waals surface area contributed by atoms with E-state index in [0.29, 0.717) is 24.4 Å². The lowest BCUT2D eigenvalue weighted by Crippen LogP contribution is -2.50. The Hall–Kier alpha value is -3.02. The van der Waals surface area contributed by atoms with Crippen molar-refractivity contribution in [3.8, 4) is 5.75 Å². The molecule has 0 bridgehead atoms. The Balaban J connectivity index is 0.000000505. The molecule has 2 amide bonds. The van der Waals surface area contributed by atoms with Gasteiger partial charge in [-0.25, -0.2) is 9.79 Å². The first-order valence-electron chi connectivity index (χ1n) is 12.0. The number of aliphatic carboxylic acids is 1. The van der Waals surface area contributed by atoms with Crippen LogP contribution in [0.15, 0.2) is 17.1 Å². The zero-order valence-corrected chi connectivity index (χ0v) is 22.5. The molecule has 1 fully saturated rings. The summed E-state index contributed by atoms with van der Waals surface area (Å²) in [7, 11) is 0. The Bertz CT molecular complexity index is 1170. The number of nitrogens with one attached hydrogen (secondary N) is 1. The number of aliphatic imine (C=N–C) groups is 1. The number of carbonyl (C=O) groups excluding carboxylic acids is 2. The highest BCUT2D eigenvalue weighted by Crippen LogP contribution is 2.44. The zero-order chi connectivity index (χ0) is 28.8. The lowest BCUT2D eigenvalue weighted by molar-refractivity contribution is -0.192. The minimum absolute atomic E-state index is 0.00403. The molecule has 1 aromatic carbocycles. The number of nitrogens with zero attached hydrogens (tertiary/aromatic N) is 2. The molecule has 3 aliphatic rings. The molecule has 4 N–H and O–H groups in total. The maximum Gasteiger partial charge on any atom is 0.490 e. The quantitative estimate of drug-likeness (QED) is 0.510. The van der Waals surface area contributed by atoms with E-state index in [1.165, 1.54) is 4.90 Å². The van der Waals surface area contributed by atoms with Crippen molar-refractivity contribution in [3.63, 3.8) is 0 Å². The van der Waals surface area contributed by atoms with Gasteiger partial charge in [-0.15, -0.1) is 0 Å². The molecular weight excluding hydrogens is 529 g/mol. The van der Waals surface area contributed by atoms with Crippen molar-refractivity contribution in [3.05, 3.63) is 28.3 Å². The van der Waals surface area contributed by atoms with Gasteiger partial charge in [0.2, 0.25) is 11.8 Å². The topological polar surface area (TPSA) is 134 Å². The number of fused-ring (bicyclic) bond motifs is 1. The second-order valence-electron chi connectivity index (χ2n) is 11.1. The van der Waals surface area contributed by atoms with Crippen molar-refractivity contribution in [2.75, 3.05) is 6.54 Å². The lowest BCUT2D eigenvalue weighted by atomic mass is 9.89. The predicted octanol–water partition coefficient (Wildman–Crippen LogP) is 3.96. The van der Waals surface area contributed by atoms with E-state index in [1.807, 2.05) is 46.8 Å². The SMILES string of the molecule is Cc1cc2c(cc1Cl)C(NC(=O)[C@@H]1C[C@H]1CN1C(=O)CC(C)(C)N=C1N)CC(C)(C)O2.O=C(O)C(F)(F)F. The van der Waals surface area contributed by atoms with E-state index in [9.17, 15) is 22.8 Å². The number of hydrogen-bond donors (Lipinski definition) is 3. The van der Waals surface area contributed by atoms with Crippen LogP contribution in [0.2, 0.25) is 5.02 Å². The molecule has 4 rings (SSSR count). The number of rotatable bonds is 4. The van der Waals surface area contributed by atoms with Crippen LogP contribution < -0.4 is 15.8 Å². The van der Waals surface area contributed by atoms with Gasteiger partial charge >= 0.3 is 12.1 Å². The van der Waals surface area contributed by atoms with Crippen LogP contribution in [0.3, 0.4) is 0 Å². The third-order valence-corrected chi connectivity index (χ3v) is 6.97. The Labute approximate surface area is 223 Å². The first-order chi connectivity index (χ1) is 17.3. The first kappa shape index (κ1) is 29.5. The van der Waals surface area contributed by atoms with Crippen molar-refractivity contribution in [2.45, 2.75) is 77.2 Å². The molecule has 2 aliphatic heterocycles. The number of carbonyl (C=O) groups is 3. The molecule has 1 aliphatic carbocycles. The number of halogens is 4. The van der Waals surface area contributed by atoms with Gasteiger partial charge in [0.05, 0.1) is 18.0 Å². The summed E-state index contributed by atoms with van der Waals surface area (Å²) in [6.07, 6.45) is -3.37. The molecule has 210 valence electrons. The van der Waals surface area contributed by atoms with Gasteiger partial charge in [-0.05, 0) is 64.7 Å². The number of guanidine groups is 1. The fourth-order valence-electron chi connectivity index (χ4n) is 4.58. The monoisotopic (exact) mass is 560 g/mol. The van der Waals surface area contributed by atoms with Crippen molar-refractivity contribution < 1.29 is 37.4 Å². The van der Waals surface area contributed by atoms with Gasteiger partial charge in [-0.2, -0.15) is 13.2 Å². The Morgan fingerprint density at radius 2 is 1.89 bits per heavy atom. The summed E-state index contributed by atoms with van der Waals surface area (Å²) in [5, 5.41) is 11.0. The fourth-order valence-corrected chi connectivity index (χ4v) is 4.76. The summed E-state index contributed by atoms with van der Waals surface area (Å²) in [5.74, 6) is -1.82. The van der Waals surface area contributed by atoms with Gasteiger partial charge in [-0.1, -0.05) is 11.6 Å². The number of hydrogen-bond acceptors (Lipinski definition) is 6. The van der Waals surface area contributed by atoms with Crippen LogP contribution in [-0.4, -0.2) is 57.6 Å². The molecule has 38 heavy (non-hydrogen) atoms. The molecule has 1 saturated carbocycles. The molecule has 0 spiro atoms. The molecule has 0 radical (unpaired) electrons. The Kier molecular flexibility index (Phi) is 7.98. The largest absolute Gasteiger partial charge is 0.490 e. The smallest absolute Gasteiger partial charge is 0.487 e. The van der Waals surface area contributed by atoms with Gasteiger partial charge < -0.3 is 20.9 Å². The second kappa shape index (κ2) is 10.3. The third kappa shape index (κ3) is 7.09. The van der Waals surface area contributed by atoms with Crippen LogP contribution in [0.5, 0.6) is 5.75 Å². The number of benzene rings is 1. The summed E-state index contributed by atoms with van der Waals surface area (Å²) in [6.45, 7) is 10.2. The highest BCUT2D eigenvalue weighted by atomic mass is 35.5. The maximum absolute atomic E-state index is 13.0. The van der Waals surface area contributed by atoms with Crippen molar-refractivity contribution in [2.24, 2.45) is 22.6 Å². The minimum Gasteiger partial charge on any atom is -0.487 e. The van der Waals surface area contributed by atoms with Crippen LogP contribution in [0.25, 0.3) is 0 Å². The Morgan fingerprint density at radius 3 is 2.45 bits per heavy atom. The Morgan fingerprint density at radius 1 is 1.29 bits per heavy atom. The fraction of sp³-hybridized carbons (Fsp3) is 0.600. The predicted molar refractivity (Wildman–Crippen MR) is 134 cm³/mol. The van der Waals surface area contributed by atoms with Crippen LogP contribution in [-0.2, 0) is 14.4 Å². The van der Waals surface area contributed by atoms with Gasteiger partial charge in [0.25, 0.3) is 0 Å². The van der Waals surface area contributed by atoms with E-state index < -0.39 is 23.3 Å². The number of nitrogens with two attached hydrogens (primary N) is 1. The molecule has 0 saturated heterocycles. The molecule has 13 heteroatoms. The van der Waals surface area contributed by atoms with E-state index in [4.69, 9.17) is 32.0 Å².